The standard InChI is InChI=1S/C25H34N2O3/c1-7-19(4)26-25(29)20(5)27(16-21-9-8-10-23(14-21)30-6)24(28)15-22-12-17(2)11-18(3)13-22/h8-14,19-20H,7,15-16H2,1-6H3,(H,26,29)/t19-,20+/m0/s1. The third-order valence-corrected chi connectivity index (χ3v) is 5.29. The van der Waals surface area contributed by atoms with E-state index >= 15 is 0 Å². The van der Waals surface area contributed by atoms with Crippen molar-refractivity contribution in [3.63, 3.8) is 0 Å². The smallest absolute Gasteiger partial charge is 0.242 e. The summed E-state index contributed by atoms with van der Waals surface area (Å²) in [6.45, 7) is 10.2. The molecule has 5 nitrogen and oxygen atoms in total. The number of hydrogen-bond donors (Lipinski definition) is 1. The minimum absolute atomic E-state index is 0.0631. The molecule has 0 aliphatic heterocycles. The van der Waals surface area contributed by atoms with Gasteiger partial charge in [0.05, 0.1) is 13.5 Å². The summed E-state index contributed by atoms with van der Waals surface area (Å²) in [5.41, 5.74) is 4.13. The lowest BCUT2D eigenvalue weighted by atomic mass is 10.0. The molecule has 30 heavy (non-hydrogen) atoms. The Bertz CT molecular complexity index is 858. The summed E-state index contributed by atoms with van der Waals surface area (Å²) in [4.78, 5) is 27.8. The van der Waals surface area contributed by atoms with Gasteiger partial charge in [0, 0.05) is 12.6 Å². The number of nitrogens with zero attached hydrogens (tertiary/aromatic N) is 1. The molecule has 0 saturated heterocycles. The van der Waals surface area contributed by atoms with Crippen molar-refractivity contribution in [1.82, 2.24) is 10.2 Å². The Kier molecular flexibility index (Phi) is 8.46. The molecule has 2 aromatic carbocycles. The van der Waals surface area contributed by atoms with Crippen molar-refractivity contribution >= 4 is 11.8 Å². The van der Waals surface area contributed by atoms with Gasteiger partial charge >= 0.3 is 0 Å². The van der Waals surface area contributed by atoms with E-state index < -0.39 is 6.04 Å². The average Bonchev–Trinajstić information content (AvgIpc) is 2.70. The summed E-state index contributed by atoms with van der Waals surface area (Å²) in [7, 11) is 1.62. The molecule has 0 aliphatic rings. The largest absolute Gasteiger partial charge is 0.497 e. The van der Waals surface area contributed by atoms with Crippen molar-refractivity contribution in [2.24, 2.45) is 0 Å². The summed E-state index contributed by atoms with van der Waals surface area (Å²) >= 11 is 0. The molecule has 162 valence electrons. The molecule has 0 aliphatic carbocycles. The second-order valence-electron chi connectivity index (χ2n) is 8.04. The summed E-state index contributed by atoms with van der Waals surface area (Å²) in [6, 6.07) is 13.2. The average molecular weight is 411 g/mol. The number of carbonyl (C=O) groups is 2. The topological polar surface area (TPSA) is 58.6 Å². The maximum absolute atomic E-state index is 13.3. The maximum Gasteiger partial charge on any atom is 0.242 e. The van der Waals surface area contributed by atoms with Gasteiger partial charge in [-0.25, -0.2) is 0 Å². The molecule has 0 unspecified atom stereocenters. The van der Waals surface area contributed by atoms with Crippen LogP contribution in [0.1, 0.15) is 49.4 Å². The molecule has 2 rings (SSSR count). The highest BCUT2D eigenvalue weighted by molar-refractivity contribution is 5.88. The third-order valence-electron chi connectivity index (χ3n) is 5.29. The predicted octanol–water partition coefficient (Wildman–Crippen LogP) is 4.19. The number of carbonyl (C=O) groups excluding carboxylic acids is 2. The van der Waals surface area contributed by atoms with E-state index in [0.717, 1.165) is 34.4 Å². The van der Waals surface area contributed by atoms with Gasteiger partial charge < -0.3 is 15.0 Å². The van der Waals surface area contributed by atoms with Crippen LogP contribution in [-0.4, -0.2) is 35.9 Å². The summed E-state index contributed by atoms with van der Waals surface area (Å²) in [5, 5.41) is 3.00. The van der Waals surface area contributed by atoms with E-state index in [1.54, 1.807) is 18.9 Å². The fourth-order valence-electron chi connectivity index (χ4n) is 3.46. The lowest BCUT2D eigenvalue weighted by molar-refractivity contribution is -0.140. The van der Waals surface area contributed by atoms with Crippen LogP contribution >= 0.6 is 0 Å². The van der Waals surface area contributed by atoms with Gasteiger partial charge in [0.1, 0.15) is 11.8 Å². The van der Waals surface area contributed by atoms with E-state index in [9.17, 15) is 9.59 Å². The van der Waals surface area contributed by atoms with Crippen LogP contribution in [0.5, 0.6) is 5.75 Å². The van der Waals surface area contributed by atoms with Crippen LogP contribution in [-0.2, 0) is 22.6 Å². The van der Waals surface area contributed by atoms with Gasteiger partial charge in [-0.3, -0.25) is 9.59 Å². The molecule has 2 aromatic rings. The molecule has 0 saturated carbocycles. The van der Waals surface area contributed by atoms with Gasteiger partial charge in [-0.05, 0) is 57.4 Å². The zero-order chi connectivity index (χ0) is 22.3. The molecule has 0 fully saturated rings. The molecular weight excluding hydrogens is 376 g/mol. The molecule has 0 heterocycles. The van der Waals surface area contributed by atoms with E-state index in [4.69, 9.17) is 4.74 Å². The SMILES string of the molecule is CC[C@H](C)NC(=O)[C@@H](C)N(Cc1cccc(OC)c1)C(=O)Cc1cc(C)cc(C)c1. The normalized spacial score (nSPS) is 12.7. The molecular formula is C25H34N2O3. The van der Waals surface area contributed by atoms with Gasteiger partial charge in [0.25, 0.3) is 0 Å². The van der Waals surface area contributed by atoms with Crippen LogP contribution in [0.2, 0.25) is 0 Å². The van der Waals surface area contributed by atoms with Crippen molar-refractivity contribution in [2.45, 2.75) is 66.1 Å². The first kappa shape index (κ1) is 23.5. The number of hydrogen-bond acceptors (Lipinski definition) is 3. The number of aryl methyl sites for hydroxylation is 2. The lowest BCUT2D eigenvalue weighted by Crippen LogP contribution is -2.49. The highest BCUT2D eigenvalue weighted by Crippen LogP contribution is 2.18. The Morgan fingerprint density at radius 3 is 2.30 bits per heavy atom. The zero-order valence-corrected chi connectivity index (χ0v) is 19.0. The summed E-state index contributed by atoms with van der Waals surface area (Å²) in [5.74, 6) is 0.515. The van der Waals surface area contributed by atoms with Crippen molar-refractivity contribution in [1.29, 1.82) is 0 Å². The molecule has 2 atom stereocenters. The second kappa shape index (κ2) is 10.8. The minimum atomic E-state index is -0.580. The van der Waals surface area contributed by atoms with E-state index in [2.05, 4.69) is 11.4 Å². The van der Waals surface area contributed by atoms with Gasteiger partial charge in [0.2, 0.25) is 11.8 Å². The number of ether oxygens (including phenoxy) is 1. The van der Waals surface area contributed by atoms with E-state index in [1.807, 2.05) is 64.1 Å². The predicted molar refractivity (Wildman–Crippen MR) is 121 cm³/mol. The Labute approximate surface area is 180 Å². The van der Waals surface area contributed by atoms with Crippen LogP contribution in [0.3, 0.4) is 0 Å². The van der Waals surface area contributed by atoms with Crippen LogP contribution in [0.25, 0.3) is 0 Å². The van der Waals surface area contributed by atoms with Crippen molar-refractivity contribution in [3.05, 3.63) is 64.7 Å². The Morgan fingerprint density at radius 2 is 1.70 bits per heavy atom. The quantitative estimate of drug-likeness (QED) is 0.674. The van der Waals surface area contributed by atoms with Gasteiger partial charge in [-0.2, -0.15) is 0 Å². The maximum atomic E-state index is 13.3. The number of benzene rings is 2. The third kappa shape index (κ3) is 6.61. The monoisotopic (exact) mass is 410 g/mol. The first-order valence-corrected chi connectivity index (χ1v) is 10.5. The number of methoxy groups -OCH3 is 1. The molecule has 0 radical (unpaired) electrons. The highest BCUT2D eigenvalue weighted by atomic mass is 16.5. The minimum Gasteiger partial charge on any atom is -0.497 e. The first-order valence-electron chi connectivity index (χ1n) is 10.5. The lowest BCUT2D eigenvalue weighted by Gasteiger charge is -2.30. The number of amides is 2. The van der Waals surface area contributed by atoms with E-state index in [1.165, 1.54) is 0 Å². The van der Waals surface area contributed by atoms with Crippen LogP contribution in [0, 0.1) is 13.8 Å². The first-order chi connectivity index (χ1) is 14.2. The molecule has 5 heteroatoms. The van der Waals surface area contributed by atoms with Gasteiger partial charge in [-0.1, -0.05) is 48.4 Å². The Morgan fingerprint density at radius 1 is 1.03 bits per heavy atom. The van der Waals surface area contributed by atoms with Crippen molar-refractivity contribution in [2.75, 3.05) is 7.11 Å². The van der Waals surface area contributed by atoms with E-state index in [-0.39, 0.29) is 24.3 Å². The second-order valence-corrected chi connectivity index (χ2v) is 8.04. The van der Waals surface area contributed by atoms with Gasteiger partial charge in [0.15, 0.2) is 0 Å². The molecule has 2 amide bonds. The van der Waals surface area contributed by atoms with E-state index in [0.29, 0.717) is 6.54 Å². The fraction of sp³-hybridized carbons (Fsp3) is 0.440. The number of nitrogens with one attached hydrogen (secondary N) is 1. The highest BCUT2D eigenvalue weighted by Gasteiger charge is 2.27. The molecule has 0 bridgehead atoms. The number of rotatable bonds is 9. The molecule has 0 aromatic heterocycles. The van der Waals surface area contributed by atoms with Crippen LogP contribution in [0.15, 0.2) is 42.5 Å². The van der Waals surface area contributed by atoms with Crippen molar-refractivity contribution in [3.8, 4) is 5.75 Å². The van der Waals surface area contributed by atoms with Gasteiger partial charge in [-0.15, -0.1) is 0 Å². The van der Waals surface area contributed by atoms with Crippen LogP contribution < -0.4 is 10.1 Å². The Balaban J connectivity index is 2.28. The Hall–Kier alpha value is -2.82. The summed E-state index contributed by atoms with van der Waals surface area (Å²) < 4.78 is 5.31. The molecule has 0 spiro atoms. The summed E-state index contributed by atoms with van der Waals surface area (Å²) in [6.07, 6.45) is 1.10. The van der Waals surface area contributed by atoms with Crippen LogP contribution in [0.4, 0.5) is 0 Å². The zero-order valence-electron chi connectivity index (χ0n) is 19.0. The molecule has 1 N–H and O–H groups in total. The van der Waals surface area contributed by atoms with Crippen molar-refractivity contribution < 1.29 is 14.3 Å². The fourth-order valence-corrected chi connectivity index (χ4v) is 3.46.